The molecule has 13 heavy (non-hydrogen) atoms. The lowest BCUT2D eigenvalue weighted by molar-refractivity contribution is 0.844. The minimum absolute atomic E-state index is 0.0788. The summed E-state index contributed by atoms with van der Waals surface area (Å²) in [6.07, 6.45) is 2.02. The summed E-state index contributed by atoms with van der Waals surface area (Å²) in [6, 6.07) is 5.83. The van der Waals surface area contributed by atoms with Crippen molar-refractivity contribution in [2.75, 3.05) is 0 Å². The lowest BCUT2D eigenvalue weighted by Gasteiger charge is -2.07. The van der Waals surface area contributed by atoms with E-state index in [0.29, 0.717) is 0 Å². The first-order valence-electron chi connectivity index (χ1n) is 4.44. The van der Waals surface area contributed by atoms with E-state index in [1.54, 1.807) is 0 Å². The van der Waals surface area contributed by atoms with E-state index in [9.17, 15) is 0 Å². The number of rotatable bonds is 2. The monoisotopic (exact) mass is 176 g/mol. The molecular weight excluding hydrogens is 160 g/mol. The van der Waals surface area contributed by atoms with Gasteiger partial charge in [0.2, 0.25) is 0 Å². The van der Waals surface area contributed by atoms with Crippen molar-refractivity contribution < 1.29 is 0 Å². The van der Waals surface area contributed by atoms with Crippen molar-refractivity contribution in [1.29, 1.82) is 0 Å². The minimum Gasteiger partial charge on any atom is -0.319 e. The number of nitrogens with zero attached hydrogens (tertiary/aromatic N) is 1. The average molecular weight is 176 g/mol. The number of aromatic nitrogens is 1. The van der Waals surface area contributed by atoms with Gasteiger partial charge in [-0.25, -0.2) is 0 Å². The van der Waals surface area contributed by atoms with Crippen LogP contribution in [0.1, 0.15) is 31.3 Å². The van der Waals surface area contributed by atoms with Gasteiger partial charge in [0.1, 0.15) is 0 Å². The highest BCUT2D eigenvalue weighted by Gasteiger charge is 2.02. The van der Waals surface area contributed by atoms with Crippen LogP contribution in [0.2, 0.25) is 0 Å². The van der Waals surface area contributed by atoms with Crippen LogP contribution in [0, 0.1) is 6.92 Å². The first-order valence-corrected chi connectivity index (χ1v) is 4.44. The molecule has 0 spiro atoms. The molecule has 1 aromatic heterocycles. The van der Waals surface area contributed by atoms with Gasteiger partial charge in [-0.2, -0.15) is 0 Å². The molecule has 0 aliphatic carbocycles. The fourth-order valence-electron chi connectivity index (χ4n) is 1.19. The van der Waals surface area contributed by atoms with Crippen molar-refractivity contribution in [2.24, 2.45) is 5.73 Å². The van der Waals surface area contributed by atoms with E-state index in [1.807, 2.05) is 45.0 Å². The second-order valence-corrected chi connectivity index (χ2v) is 3.47. The van der Waals surface area contributed by atoms with Crippen LogP contribution < -0.4 is 5.73 Å². The molecule has 2 nitrogen and oxygen atoms in total. The Kier molecular flexibility index (Phi) is 3.20. The molecule has 0 aliphatic rings. The van der Waals surface area contributed by atoms with Crippen molar-refractivity contribution >= 4 is 0 Å². The molecule has 1 aromatic rings. The van der Waals surface area contributed by atoms with Gasteiger partial charge in [0, 0.05) is 5.69 Å². The van der Waals surface area contributed by atoms with E-state index in [1.165, 1.54) is 5.57 Å². The van der Waals surface area contributed by atoms with E-state index in [0.717, 1.165) is 11.4 Å². The first-order chi connectivity index (χ1) is 6.09. The van der Waals surface area contributed by atoms with Crippen LogP contribution >= 0.6 is 0 Å². The summed E-state index contributed by atoms with van der Waals surface area (Å²) in [5, 5.41) is 0. The molecule has 0 amide bonds. The number of aryl methyl sites for hydroxylation is 1. The Labute approximate surface area is 79.5 Å². The maximum absolute atomic E-state index is 5.93. The maximum atomic E-state index is 5.93. The van der Waals surface area contributed by atoms with Gasteiger partial charge in [-0.3, -0.25) is 4.98 Å². The summed E-state index contributed by atoms with van der Waals surface area (Å²) in [5.41, 5.74) is 9.09. The van der Waals surface area contributed by atoms with Crippen molar-refractivity contribution in [2.45, 2.75) is 26.8 Å². The second kappa shape index (κ2) is 4.19. The van der Waals surface area contributed by atoms with Gasteiger partial charge < -0.3 is 5.73 Å². The van der Waals surface area contributed by atoms with Gasteiger partial charge in [0.25, 0.3) is 0 Å². The van der Waals surface area contributed by atoms with Crippen LogP contribution in [0.3, 0.4) is 0 Å². The Morgan fingerprint density at radius 2 is 2.15 bits per heavy atom. The Hall–Kier alpha value is -1.15. The predicted octanol–water partition coefficient (Wildman–Crippen LogP) is 2.36. The van der Waals surface area contributed by atoms with Crippen molar-refractivity contribution in [3.63, 3.8) is 0 Å². The Bertz CT molecular complexity index is 312. The van der Waals surface area contributed by atoms with Gasteiger partial charge >= 0.3 is 0 Å². The molecule has 2 heteroatoms. The summed E-state index contributed by atoms with van der Waals surface area (Å²) in [5.74, 6) is 0. The molecule has 0 saturated carbocycles. The Balaban J connectivity index is 2.89. The zero-order valence-electron chi connectivity index (χ0n) is 8.41. The molecular formula is C11H16N2. The molecule has 0 bridgehead atoms. The van der Waals surface area contributed by atoms with Gasteiger partial charge in [-0.1, -0.05) is 17.7 Å². The molecule has 0 radical (unpaired) electrons. The summed E-state index contributed by atoms with van der Waals surface area (Å²) in [4.78, 5) is 4.36. The van der Waals surface area contributed by atoms with Crippen LogP contribution in [0.4, 0.5) is 0 Å². The largest absolute Gasteiger partial charge is 0.319 e. The highest BCUT2D eigenvalue weighted by atomic mass is 14.8. The molecule has 0 saturated heterocycles. The molecule has 70 valence electrons. The standard InChI is InChI=1S/C11H16N2/c1-8(2)7-10(12)11-6-4-5-9(3)13-11/h4-7,10H,12H2,1-3H3. The Morgan fingerprint density at radius 1 is 1.46 bits per heavy atom. The van der Waals surface area contributed by atoms with Gasteiger partial charge in [-0.05, 0) is 32.9 Å². The highest BCUT2D eigenvalue weighted by molar-refractivity contribution is 5.18. The third kappa shape index (κ3) is 2.99. The molecule has 1 atom stereocenters. The van der Waals surface area contributed by atoms with E-state index >= 15 is 0 Å². The van der Waals surface area contributed by atoms with E-state index in [4.69, 9.17) is 5.73 Å². The van der Waals surface area contributed by atoms with Crippen LogP contribution in [0.15, 0.2) is 29.8 Å². The van der Waals surface area contributed by atoms with Gasteiger partial charge in [0.15, 0.2) is 0 Å². The lowest BCUT2D eigenvalue weighted by Crippen LogP contribution is -2.09. The van der Waals surface area contributed by atoms with E-state index in [-0.39, 0.29) is 6.04 Å². The normalized spacial score (nSPS) is 12.3. The third-order valence-corrected chi connectivity index (χ3v) is 1.76. The van der Waals surface area contributed by atoms with E-state index in [2.05, 4.69) is 4.98 Å². The highest BCUT2D eigenvalue weighted by Crippen LogP contribution is 2.10. The molecule has 0 aliphatic heterocycles. The number of hydrogen-bond acceptors (Lipinski definition) is 2. The maximum Gasteiger partial charge on any atom is 0.0658 e. The Morgan fingerprint density at radius 3 is 2.69 bits per heavy atom. The average Bonchev–Trinajstić information content (AvgIpc) is 2.03. The quantitative estimate of drug-likeness (QED) is 0.702. The smallest absolute Gasteiger partial charge is 0.0658 e. The second-order valence-electron chi connectivity index (χ2n) is 3.47. The summed E-state index contributed by atoms with van der Waals surface area (Å²) in [7, 11) is 0. The summed E-state index contributed by atoms with van der Waals surface area (Å²) >= 11 is 0. The molecule has 1 unspecified atom stereocenters. The van der Waals surface area contributed by atoms with Crippen LogP contribution in [-0.4, -0.2) is 4.98 Å². The summed E-state index contributed by atoms with van der Waals surface area (Å²) in [6.45, 7) is 6.05. The van der Waals surface area contributed by atoms with Gasteiger partial charge in [0.05, 0.1) is 11.7 Å². The predicted molar refractivity (Wildman–Crippen MR) is 55.3 cm³/mol. The number of nitrogens with two attached hydrogens (primary N) is 1. The number of allylic oxidation sites excluding steroid dienone is 1. The zero-order chi connectivity index (χ0) is 9.84. The van der Waals surface area contributed by atoms with Crippen LogP contribution in [-0.2, 0) is 0 Å². The summed E-state index contributed by atoms with van der Waals surface area (Å²) < 4.78 is 0. The first kappa shape index (κ1) is 9.93. The third-order valence-electron chi connectivity index (χ3n) is 1.76. The van der Waals surface area contributed by atoms with Crippen molar-refractivity contribution in [3.8, 4) is 0 Å². The topological polar surface area (TPSA) is 38.9 Å². The van der Waals surface area contributed by atoms with Crippen LogP contribution in [0.5, 0.6) is 0 Å². The fourth-order valence-corrected chi connectivity index (χ4v) is 1.19. The number of pyridine rings is 1. The molecule has 0 fully saturated rings. The van der Waals surface area contributed by atoms with E-state index < -0.39 is 0 Å². The SMILES string of the molecule is CC(C)=CC(N)c1cccc(C)n1. The number of hydrogen-bond donors (Lipinski definition) is 1. The minimum atomic E-state index is -0.0788. The van der Waals surface area contributed by atoms with Crippen molar-refractivity contribution in [1.82, 2.24) is 4.98 Å². The van der Waals surface area contributed by atoms with Gasteiger partial charge in [-0.15, -0.1) is 0 Å². The fraction of sp³-hybridized carbons (Fsp3) is 0.364. The zero-order valence-corrected chi connectivity index (χ0v) is 8.41. The van der Waals surface area contributed by atoms with Crippen LogP contribution in [0.25, 0.3) is 0 Å². The molecule has 1 heterocycles. The molecule has 1 rings (SSSR count). The van der Waals surface area contributed by atoms with Crippen molar-refractivity contribution in [3.05, 3.63) is 41.2 Å². The molecule has 0 aromatic carbocycles. The molecule has 2 N–H and O–H groups in total. The lowest BCUT2D eigenvalue weighted by atomic mass is 10.1.